The van der Waals surface area contributed by atoms with E-state index in [-0.39, 0.29) is 12.0 Å². The maximum Gasteiger partial charge on any atom is 0.490 e. The molecular formula is C23H32F3N5O3. The van der Waals surface area contributed by atoms with E-state index in [9.17, 15) is 13.2 Å². The molecule has 2 aromatic rings. The van der Waals surface area contributed by atoms with Crippen molar-refractivity contribution < 1.29 is 27.5 Å². The van der Waals surface area contributed by atoms with Gasteiger partial charge in [0.15, 0.2) is 5.96 Å². The largest absolute Gasteiger partial charge is 0.490 e. The maximum atomic E-state index is 10.6. The van der Waals surface area contributed by atoms with Gasteiger partial charge in [-0.2, -0.15) is 13.2 Å². The molecule has 1 fully saturated rings. The van der Waals surface area contributed by atoms with Gasteiger partial charge in [0.2, 0.25) is 11.8 Å². The molecule has 1 saturated heterocycles. The van der Waals surface area contributed by atoms with Gasteiger partial charge in [-0.1, -0.05) is 51.2 Å². The third-order valence-electron chi connectivity index (χ3n) is 5.55. The SMILES string of the molecule is CCCCCCCCc1ccc(-c2nnc([C@@H]3CCCN3C(=N)N)o2)cc1.O=C(O)C(F)(F)F. The molecule has 0 spiro atoms. The summed E-state index contributed by atoms with van der Waals surface area (Å²) in [7, 11) is 0. The van der Waals surface area contributed by atoms with E-state index in [1.807, 2.05) is 4.90 Å². The van der Waals surface area contributed by atoms with Gasteiger partial charge in [-0.15, -0.1) is 10.2 Å². The summed E-state index contributed by atoms with van der Waals surface area (Å²) >= 11 is 0. The smallest absolute Gasteiger partial charge is 0.475 e. The monoisotopic (exact) mass is 483 g/mol. The van der Waals surface area contributed by atoms with Gasteiger partial charge in [0.05, 0.1) is 0 Å². The van der Waals surface area contributed by atoms with Crippen molar-refractivity contribution in [1.82, 2.24) is 15.1 Å². The number of hydrogen-bond donors (Lipinski definition) is 3. The van der Waals surface area contributed by atoms with Gasteiger partial charge < -0.3 is 20.2 Å². The number of halogens is 3. The van der Waals surface area contributed by atoms with E-state index in [2.05, 4.69) is 41.4 Å². The highest BCUT2D eigenvalue weighted by atomic mass is 19.4. The number of nitrogens with one attached hydrogen (secondary N) is 1. The summed E-state index contributed by atoms with van der Waals surface area (Å²) in [6.07, 6.45) is 5.81. The lowest BCUT2D eigenvalue weighted by Gasteiger charge is -2.21. The van der Waals surface area contributed by atoms with Crippen molar-refractivity contribution in [2.75, 3.05) is 6.54 Å². The van der Waals surface area contributed by atoms with Crippen LogP contribution in [0.5, 0.6) is 0 Å². The summed E-state index contributed by atoms with van der Waals surface area (Å²) in [6.45, 7) is 3.02. The van der Waals surface area contributed by atoms with Gasteiger partial charge in [0.1, 0.15) is 6.04 Å². The number of likely N-dealkylation sites (tertiary alicyclic amines) is 1. The van der Waals surface area contributed by atoms with Crippen molar-refractivity contribution in [1.29, 1.82) is 5.41 Å². The van der Waals surface area contributed by atoms with Crippen molar-refractivity contribution in [3.63, 3.8) is 0 Å². The maximum absolute atomic E-state index is 10.6. The topological polar surface area (TPSA) is 129 Å². The van der Waals surface area contributed by atoms with E-state index in [0.29, 0.717) is 11.8 Å². The van der Waals surface area contributed by atoms with Crippen molar-refractivity contribution in [2.24, 2.45) is 5.73 Å². The molecule has 1 aromatic heterocycles. The molecule has 1 aliphatic rings. The second-order valence-corrected chi connectivity index (χ2v) is 8.20. The predicted molar refractivity (Wildman–Crippen MR) is 121 cm³/mol. The minimum Gasteiger partial charge on any atom is -0.475 e. The molecule has 1 aliphatic heterocycles. The first kappa shape index (κ1) is 27.1. The molecule has 11 heteroatoms. The Hall–Kier alpha value is -3.11. The van der Waals surface area contributed by atoms with Crippen LogP contribution in [0.25, 0.3) is 11.5 Å². The molecule has 34 heavy (non-hydrogen) atoms. The number of nitrogens with two attached hydrogens (primary N) is 1. The van der Waals surface area contributed by atoms with Gasteiger partial charge in [-0.05, 0) is 43.4 Å². The van der Waals surface area contributed by atoms with Gasteiger partial charge in [0.25, 0.3) is 0 Å². The van der Waals surface area contributed by atoms with Crippen LogP contribution in [-0.2, 0) is 11.2 Å². The lowest BCUT2D eigenvalue weighted by atomic mass is 10.0. The third kappa shape index (κ3) is 8.35. The quantitative estimate of drug-likeness (QED) is 0.251. The number of alkyl halides is 3. The van der Waals surface area contributed by atoms with E-state index in [1.165, 1.54) is 44.1 Å². The van der Waals surface area contributed by atoms with Crippen molar-refractivity contribution in [2.45, 2.75) is 76.9 Å². The Balaban J connectivity index is 0.000000509. The zero-order chi connectivity index (χ0) is 25.1. The molecule has 1 atom stereocenters. The minimum atomic E-state index is -5.08. The predicted octanol–water partition coefficient (Wildman–Crippen LogP) is 5.30. The molecule has 188 valence electrons. The summed E-state index contributed by atoms with van der Waals surface area (Å²) in [5, 5.41) is 23.2. The highest BCUT2D eigenvalue weighted by Crippen LogP contribution is 2.32. The zero-order valence-corrected chi connectivity index (χ0v) is 19.3. The normalized spacial score (nSPS) is 15.6. The first-order valence-corrected chi connectivity index (χ1v) is 11.5. The number of carboxylic acid groups (broad SMARTS) is 1. The van der Waals surface area contributed by atoms with Crippen LogP contribution in [0.15, 0.2) is 28.7 Å². The fraction of sp³-hybridized carbons (Fsp3) is 0.565. The van der Waals surface area contributed by atoms with Gasteiger partial charge >= 0.3 is 12.1 Å². The number of benzene rings is 1. The fourth-order valence-corrected chi connectivity index (χ4v) is 3.72. The summed E-state index contributed by atoms with van der Waals surface area (Å²) in [4.78, 5) is 10.7. The standard InChI is InChI=1S/C21H31N5O.C2HF3O2/c1-2-3-4-5-6-7-9-16-11-13-17(14-12-16)19-24-25-20(27-19)18-10-8-15-26(18)21(22)23;3-2(4,5)1(6)7/h11-14,18H,2-10,15H2,1H3,(H3,22,23);(H,6,7)/t18-;/m0./s1. The molecule has 1 aromatic carbocycles. The number of carbonyl (C=O) groups is 1. The average molecular weight is 484 g/mol. The first-order chi connectivity index (χ1) is 16.1. The lowest BCUT2D eigenvalue weighted by molar-refractivity contribution is -0.192. The van der Waals surface area contributed by atoms with Crippen LogP contribution in [0.4, 0.5) is 13.2 Å². The lowest BCUT2D eigenvalue weighted by Crippen LogP contribution is -2.35. The number of aryl methyl sites for hydroxylation is 1. The summed E-state index contributed by atoms with van der Waals surface area (Å²) in [5.41, 5.74) is 7.95. The Labute approximate surface area is 196 Å². The number of guanidine groups is 1. The zero-order valence-electron chi connectivity index (χ0n) is 19.3. The molecule has 4 N–H and O–H groups in total. The Morgan fingerprint density at radius 2 is 1.79 bits per heavy atom. The van der Waals surface area contributed by atoms with Crippen molar-refractivity contribution >= 4 is 11.9 Å². The Kier molecular flexibility index (Phi) is 10.3. The van der Waals surface area contributed by atoms with E-state index in [4.69, 9.17) is 25.5 Å². The second kappa shape index (κ2) is 13.0. The summed E-state index contributed by atoms with van der Waals surface area (Å²) < 4.78 is 37.6. The fourth-order valence-electron chi connectivity index (χ4n) is 3.72. The number of nitrogens with zero attached hydrogens (tertiary/aromatic N) is 3. The Morgan fingerprint density at radius 3 is 2.38 bits per heavy atom. The second-order valence-electron chi connectivity index (χ2n) is 8.20. The molecular weight excluding hydrogens is 451 g/mol. The van der Waals surface area contributed by atoms with Crippen LogP contribution in [-0.4, -0.2) is 44.9 Å². The highest BCUT2D eigenvalue weighted by molar-refractivity contribution is 5.75. The van der Waals surface area contributed by atoms with E-state index in [1.54, 1.807) is 0 Å². The molecule has 0 amide bonds. The molecule has 3 rings (SSSR count). The highest BCUT2D eigenvalue weighted by Gasteiger charge is 2.38. The number of rotatable bonds is 9. The van der Waals surface area contributed by atoms with Crippen molar-refractivity contribution in [3.8, 4) is 11.5 Å². The van der Waals surface area contributed by atoms with E-state index >= 15 is 0 Å². The molecule has 8 nitrogen and oxygen atoms in total. The van der Waals surface area contributed by atoms with E-state index < -0.39 is 12.1 Å². The number of aromatic nitrogens is 2. The van der Waals surface area contributed by atoms with Crippen LogP contribution in [0.3, 0.4) is 0 Å². The Morgan fingerprint density at radius 1 is 1.18 bits per heavy atom. The van der Waals surface area contributed by atoms with Gasteiger partial charge in [-0.25, -0.2) is 4.79 Å². The number of carboxylic acids is 1. The van der Waals surface area contributed by atoms with Crippen LogP contribution in [0.2, 0.25) is 0 Å². The molecule has 2 heterocycles. The third-order valence-corrected chi connectivity index (χ3v) is 5.55. The number of aliphatic carboxylic acids is 1. The van der Waals surface area contributed by atoms with Crippen LogP contribution in [0, 0.1) is 5.41 Å². The van der Waals surface area contributed by atoms with Gasteiger partial charge in [-0.3, -0.25) is 5.41 Å². The van der Waals surface area contributed by atoms with Crippen LogP contribution < -0.4 is 5.73 Å². The van der Waals surface area contributed by atoms with Crippen LogP contribution in [0.1, 0.15) is 75.8 Å². The molecule has 0 saturated carbocycles. The number of unbranched alkanes of at least 4 members (excludes halogenated alkanes) is 5. The minimum absolute atomic E-state index is 0.0660. The van der Waals surface area contributed by atoms with Crippen LogP contribution >= 0.6 is 0 Å². The van der Waals surface area contributed by atoms with E-state index in [0.717, 1.165) is 31.4 Å². The first-order valence-electron chi connectivity index (χ1n) is 11.5. The Bertz CT molecular complexity index is 915. The number of hydrogen-bond acceptors (Lipinski definition) is 5. The summed E-state index contributed by atoms with van der Waals surface area (Å²) in [6, 6.07) is 8.35. The molecule has 0 unspecified atom stereocenters. The molecule has 0 bridgehead atoms. The summed E-state index contributed by atoms with van der Waals surface area (Å²) in [5.74, 6) is -1.61. The van der Waals surface area contributed by atoms with Gasteiger partial charge in [0, 0.05) is 12.1 Å². The molecule has 0 radical (unpaired) electrons. The molecule has 0 aliphatic carbocycles. The average Bonchev–Trinajstić information content (AvgIpc) is 3.46. The van der Waals surface area contributed by atoms with Crippen molar-refractivity contribution in [3.05, 3.63) is 35.7 Å².